The summed E-state index contributed by atoms with van der Waals surface area (Å²) in [6.45, 7) is 7.53. The number of carbonyl (C=O) groups is 2. The van der Waals surface area contributed by atoms with Crippen LogP contribution in [0.5, 0.6) is 0 Å². The van der Waals surface area contributed by atoms with Crippen LogP contribution in [-0.4, -0.2) is 48.4 Å². The Kier molecular flexibility index (Phi) is 9.46. The molecule has 0 spiro atoms. The molecule has 7 heteroatoms. The third-order valence-electron chi connectivity index (χ3n) is 4.69. The quantitative estimate of drug-likeness (QED) is 0.497. The van der Waals surface area contributed by atoms with Crippen molar-refractivity contribution in [3.63, 3.8) is 0 Å². The number of ether oxygens (including phenoxy) is 1. The summed E-state index contributed by atoms with van der Waals surface area (Å²) in [5.41, 5.74) is 0.846. The van der Waals surface area contributed by atoms with E-state index in [0.29, 0.717) is 32.7 Å². The van der Waals surface area contributed by atoms with E-state index in [2.05, 4.69) is 0 Å². The van der Waals surface area contributed by atoms with Crippen molar-refractivity contribution in [3.8, 4) is 0 Å². The molecule has 0 saturated carbocycles. The Morgan fingerprint density at radius 1 is 1.07 bits per heavy atom. The molecule has 0 radical (unpaired) electrons. The molecule has 0 aliphatic rings. The van der Waals surface area contributed by atoms with Gasteiger partial charge >= 0.3 is 0 Å². The monoisotopic (exact) mass is 434 g/mol. The molecular formula is C23H31FN2O3S. The molecule has 0 N–H and O–H groups in total. The minimum absolute atomic E-state index is 0.0201. The van der Waals surface area contributed by atoms with Crippen LogP contribution in [0, 0.1) is 18.7 Å². The highest BCUT2D eigenvalue weighted by Gasteiger charge is 2.23. The van der Waals surface area contributed by atoms with Gasteiger partial charge in [-0.3, -0.25) is 9.59 Å². The summed E-state index contributed by atoms with van der Waals surface area (Å²) in [6, 6.07) is 10.2. The lowest BCUT2D eigenvalue weighted by Crippen LogP contribution is -2.44. The predicted molar refractivity (Wildman–Crippen MR) is 118 cm³/mol. The van der Waals surface area contributed by atoms with Crippen molar-refractivity contribution in [2.24, 2.45) is 5.92 Å². The number of halogens is 1. The molecule has 0 bridgehead atoms. The molecule has 0 fully saturated rings. The van der Waals surface area contributed by atoms with Gasteiger partial charge in [0.25, 0.3) is 0 Å². The van der Waals surface area contributed by atoms with Crippen LogP contribution in [0.2, 0.25) is 0 Å². The van der Waals surface area contributed by atoms with Crippen molar-refractivity contribution in [1.29, 1.82) is 0 Å². The predicted octanol–water partition coefficient (Wildman–Crippen LogP) is 4.25. The Balaban J connectivity index is 2.17. The maximum atomic E-state index is 13.3. The average molecular weight is 435 g/mol. The number of hydrogen-bond donors (Lipinski definition) is 0. The third kappa shape index (κ3) is 7.54. The van der Waals surface area contributed by atoms with Gasteiger partial charge in [0, 0.05) is 42.5 Å². The van der Waals surface area contributed by atoms with Gasteiger partial charge in [-0.25, -0.2) is 4.39 Å². The van der Waals surface area contributed by atoms with Gasteiger partial charge < -0.3 is 14.5 Å². The van der Waals surface area contributed by atoms with Gasteiger partial charge in [-0.05, 0) is 43.2 Å². The van der Waals surface area contributed by atoms with Gasteiger partial charge in [-0.15, -0.1) is 11.3 Å². The molecule has 1 aromatic carbocycles. The van der Waals surface area contributed by atoms with Crippen molar-refractivity contribution in [2.45, 2.75) is 40.3 Å². The largest absolute Gasteiger partial charge is 0.385 e. The Morgan fingerprint density at radius 3 is 2.33 bits per heavy atom. The summed E-state index contributed by atoms with van der Waals surface area (Å²) < 4.78 is 18.4. The smallest absolute Gasteiger partial charge is 0.242 e. The summed E-state index contributed by atoms with van der Waals surface area (Å²) in [5.74, 6) is -0.673. The second kappa shape index (κ2) is 11.8. The van der Waals surface area contributed by atoms with Gasteiger partial charge in [-0.2, -0.15) is 0 Å². The number of nitrogens with zero attached hydrogens (tertiary/aromatic N) is 2. The molecule has 0 aliphatic carbocycles. The molecule has 0 atom stereocenters. The Bertz CT molecular complexity index is 820. The van der Waals surface area contributed by atoms with Crippen LogP contribution >= 0.6 is 11.3 Å². The van der Waals surface area contributed by atoms with Crippen LogP contribution in [0.25, 0.3) is 0 Å². The molecule has 2 aromatic rings. The number of benzene rings is 1. The minimum atomic E-state index is -0.308. The van der Waals surface area contributed by atoms with Gasteiger partial charge in [0.05, 0.1) is 13.1 Å². The number of rotatable bonds is 11. The molecule has 0 saturated heterocycles. The highest BCUT2D eigenvalue weighted by molar-refractivity contribution is 7.11. The van der Waals surface area contributed by atoms with Crippen molar-refractivity contribution in [3.05, 3.63) is 57.5 Å². The molecule has 164 valence electrons. The van der Waals surface area contributed by atoms with E-state index in [9.17, 15) is 14.0 Å². The van der Waals surface area contributed by atoms with E-state index in [4.69, 9.17) is 4.74 Å². The normalized spacial score (nSPS) is 11.0. The number of hydrogen-bond acceptors (Lipinski definition) is 4. The Hall–Kier alpha value is -2.25. The Labute approximate surface area is 182 Å². The molecule has 1 heterocycles. The first-order chi connectivity index (χ1) is 14.3. The highest BCUT2D eigenvalue weighted by Crippen LogP contribution is 2.19. The standard InChI is InChI=1S/C23H31FN2O3S/c1-17(2)23(28)25(12-5-13-29-4)16-22(27)26(15-21-11-6-18(3)30-21)14-19-7-9-20(24)10-8-19/h6-11,17H,5,12-16H2,1-4H3. The lowest BCUT2D eigenvalue weighted by atomic mass is 10.1. The molecule has 2 amide bonds. The van der Waals surface area contributed by atoms with Crippen LogP contribution in [-0.2, 0) is 27.4 Å². The van der Waals surface area contributed by atoms with Crippen LogP contribution < -0.4 is 0 Å². The number of aryl methyl sites for hydroxylation is 1. The maximum Gasteiger partial charge on any atom is 0.242 e. The van der Waals surface area contributed by atoms with Gasteiger partial charge in [0.2, 0.25) is 11.8 Å². The second-order valence-corrected chi connectivity index (χ2v) is 9.02. The van der Waals surface area contributed by atoms with Crippen LogP contribution in [0.3, 0.4) is 0 Å². The first kappa shape index (κ1) is 24.0. The topological polar surface area (TPSA) is 49.9 Å². The fourth-order valence-electron chi connectivity index (χ4n) is 3.10. The third-order valence-corrected chi connectivity index (χ3v) is 5.68. The zero-order chi connectivity index (χ0) is 22.1. The molecule has 30 heavy (non-hydrogen) atoms. The van der Waals surface area contributed by atoms with Crippen LogP contribution in [0.4, 0.5) is 4.39 Å². The minimum Gasteiger partial charge on any atom is -0.385 e. The van der Waals surface area contributed by atoms with Gasteiger partial charge in [0.1, 0.15) is 5.82 Å². The van der Waals surface area contributed by atoms with E-state index in [1.165, 1.54) is 17.0 Å². The molecular weight excluding hydrogens is 403 g/mol. The highest BCUT2D eigenvalue weighted by atomic mass is 32.1. The lowest BCUT2D eigenvalue weighted by molar-refractivity contribution is -0.143. The first-order valence-corrected chi connectivity index (χ1v) is 11.0. The number of carbonyl (C=O) groups excluding carboxylic acids is 2. The molecule has 1 aromatic heterocycles. The lowest BCUT2D eigenvalue weighted by Gasteiger charge is -2.28. The van der Waals surface area contributed by atoms with E-state index in [1.54, 1.807) is 40.4 Å². The van der Waals surface area contributed by atoms with Crippen LogP contribution in [0.15, 0.2) is 36.4 Å². The summed E-state index contributed by atoms with van der Waals surface area (Å²) in [4.78, 5) is 31.5. The average Bonchev–Trinajstić information content (AvgIpc) is 3.12. The van der Waals surface area contributed by atoms with Crippen molar-refractivity contribution in [1.82, 2.24) is 9.80 Å². The van der Waals surface area contributed by atoms with Crippen molar-refractivity contribution < 1.29 is 18.7 Å². The van der Waals surface area contributed by atoms with E-state index in [0.717, 1.165) is 10.4 Å². The number of methoxy groups -OCH3 is 1. The molecule has 5 nitrogen and oxygen atoms in total. The first-order valence-electron chi connectivity index (χ1n) is 10.2. The zero-order valence-corrected chi connectivity index (χ0v) is 19.0. The number of amides is 2. The van der Waals surface area contributed by atoms with Gasteiger partial charge in [-0.1, -0.05) is 26.0 Å². The summed E-state index contributed by atoms with van der Waals surface area (Å²) in [5, 5.41) is 0. The Morgan fingerprint density at radius 2 is 1.77 bits per heavy atom. The van der Waals surface area contributed by atoms with Gasteiger partial charge in [0.15, 0.2) is 0 Å². The number of thiophene rings is 1. The van der Waals surface area contributed by atoms with E-state index in [-0.39, 0.29) is 30.1 Å². The summed E-state index contributed by atoms with van der Waals surface area (Å²) >= 11 is 1.64. The fourth-order valence-corrected chi connectivity index (χ4v) is 4.00. The van der Waals surface area contributed by atoms with E-state index in [1.807, 2.05) is 32.9 Å². The molecule has 0 aliphatic heterocycles. The van der Waals surface area contributed by atoms with E-state index >= 15 is 0 Å². The van der Waals surface area contributed by atoms with Crippen molar-refractivity contribution in [2.75, 3.05) is 26.8 Å². The molecule has 0 unspecified atom stereocenters. The summed E-state index contributed by atoms with van der Waals surface area (Å²) in [7, 11) is 1.62. The van der Waals surface area contributed by atoms with Crippen molar-refractivity contribution >= 4 is 23.2 Å². The zero-order valence-electron chi connectivity index (χ0n) is 18.2. The fraction of sp³-hybridized carbons (Fsp3) is 0.478. The van der Waals surface area contributed by atoms with E-state index < -0.39 is 0 Å². The summed E-state index contributed by atoms with van der Waals surface area (Å²) in [6.07, 6.45) is 0.671. The van der Waals surface area contributed by atoms with Crippen LogP contribution in [0.1, 0.15) is 35.6 Å². The second-order valence-electron chi connectivity index (χ2n) is 7.65. The molecule has 2 rings (SSSR count). The SMILES string of the molecule is COCCCN(CC(=O)N(Cc1ccc(F)cc1)Cc1ccc(C)s1)C(=O)C(C)C. The maximum absolute atomic E-state index is 13.3.